The van der Waals surface area contributed by atoms with Crippen molar-refractivity contribution >= 4 is 37.6 Å². The van der Waals surface area contributed by atoms with Gasteiger partial charge in [0.25, 0.3) is 0 Å². The molecule has 1 spiro atoms. The molecular formula is C15H22Br2O. The van der Waals surface area contributed by atoms with Gasteiger partial charge in [-0.15, -0.1) is 0 Å². The molecule has 0 unspecified atom stereocenters. The third-order valence-electron chi connectivity index (χ3n) is 7.25. The molecule has 1 nitrogen and oxygen atoms in total. The van der Waals surface area contributed by atoms with E-state index in [-0.39, 0.29) is 21.6 Å². The van der Waals surface area contributed by atoms with E-state index in [1.807, 2.05) is 0 Å². The maximum Gasteiger partial charge on any atom is 0.150 e. The van der Waals surface area contributed by atoms with Gasteiger partial charge in [0, 0.05) is 10.7 Å². The Labute approximate surface area is 127 Å². The van der Waals surface area contributed by atoms with Crippen LogP contribution in [0.2, 0.25) is 0 Å². The van der Waals surface area contributed by atoms with E-state index < -0.39 is 0 Å². The number of hydrogen-bond acceptors (Lipinski definition) is 1. The van der Waals surface area contributed by atoms with E-state index in [9.17, 15) is 4.79 Å². The van der Waals surface area contributed by atoms with Crippen molar-refractivity contribution in [3.63, 3.8) is 0 Å². The van der Waals surface area contributed by atoms with Gasteiger partial charge in [-0.05, 0) is 41.4 Å². The van der Waals surface area contributed by atoms with Crippen molar-refractivity contribution in [2.24, 2.45) is 28.1 Å². The maximum absolute atomic E-state index is 12.6. The topological polar surface area (TPSA) is 17.1 Å². The van der Waals surface area contributed by atoms with Crippen molar-refractivity contribution in [3.05, 3.63) is 0 Å². The summed E-state index contributed by atoms with van der Waals surface area (Å²) in [4.78, 5) is 13.2. The van der Waals surface area contributed by atoms with Crippen molar-refractivity contribution in [1.82, 2.24) is 0 Å². The van der Waals surface area contributed by atoms with Gasteiger partial charge in [0.15, 0.2) is 0 Å². The Morgan fingerprint density at radius 2 is 1.72 bits per heavy atom. The second-order valence-corrected chi connectivity index (χ2v) is 9.38. The Kier molecular flexibility index (Phi) is 2.75. The van der Waals surface area contributed by atoms with Crippen LogP contribution in [0, 0.1) is 28.1 Å². The fraction of sp³-hybridized carbons (Fsp3) is 0.933. The first-order valence-electron chi connectivity index (χ1n) is 7.04. The lowest BCUT2D eigenvalue weighted by Crippen LogP contribution is -2.66. The largest absolute Gasteiger partial charge is 0.298 e. The molecule has 18 heavy (non-hydrogen) atoms. The van der Waals surface area contributed by atoms with Crippen molar-refractivity contribution in [3.8, 4) is 0 Å². The first-order valence-corrected chi connectivity index (χ1v) is 8.87. The molecule has 7 atom stereocenters. The van der Waals surface area contributed by atoms with E-state index in [1.54, 1.807) is 0 Å². The Morgan fingerprint density at radius 3 is 2.22 bits per heavy atom. The highest BCUT2D eigenvalue weighted by molar-refractivity contribution is 9.10. The van der Waals surface area contributed by atoms with Gasteiger partial charge in [0.1, 0.15) is 5.78 Å². The summed E-state index contributed by atoms with van der Waals surface area (Å²) in [6.45, 7) is 9.30. The van der Waals surface area contributed by atoms with Gasteiger partial charge in [-0.2, -0.15) is 0 Å². The Bertz CT molecular complexity index is 423. The molecule has 0 radical (unpaired) electrons. The summed E-state index contributed by atoms with van der Waals surface area (Å²) in [5.41, 5.74) is 0.836. The van der Waals surface area contributed by atoms with Crippen LogP contribution >= 0.6 is 31.9 Å². The van der Waals surface area contributed by atoms with Gasteiger partial charge in [-0.25, -0.2) is 0 Å². The van der Waals surface area contributed by atoms with E-state index in [2.05, 4.69) is 59.6 Å². The number of alkyl halides is 2. The molecule has 0 saturated heterocycles. The third-order valence-corrected chi connectivity index (χ3v) is 9.83. The molecule has 3 aliphatic rings. The van der Waals surface area contributed by atoms with Crippen LogP contribution in [-0.4, -0.2) is 15.4 Å². The van der Waals surface area contributed by atoms with E-state index in [0.717, 1.165) is 0 Å². The molecule has 0 aromatic carbocycles. The molecule has 0 heterocycles. The Hall–Kier alpha value is 0.630. The van der Waals surface area contributed by atoms with E-state index in [4.69, 9.17) is 0 Å². The van der Waals surface area contributed by atoms with Crippen LogP contribution in [-0.2, 0) is 4.79 Å². The number of Topliss-reactive ketones (excluding diaryl/α,β-unsaturated/α-hetero) is 1. The van der Waals surface area contributed by atoms with Gasteiger partial charge in [0.05, 0.1) is 4.83 Å². The number of carbonyl (C=O) groups excluding carboxylic acids is 1. The van der Waals surface area contributed by atoms with Crippen LogP contribution in [0.5, 0.6) is 0 Å². The number of ketones is 1. The molecule has 0 aliphatic heterocycles. The number of carbonyl (C=O) groups is 1. The average molecular weight is 378 g/mol. The quantitative estimate of drug-likeness (QED) is 0.565. The molecule has 3 aliphatic carbocycles. The molecule has 0 amide bonds. The molecule has 3 rings (SSSR count). The summed E-state index contributed by atoms with van der Waals surface area (Å²) in [5.74, 6) is 1.07. The predicted molar refractivity (Wildman–Crippen MR) is 81.3 cm³/mol. The minimum absolute atomic E-state index is 0.0470. The number of halogens is 2. The first-order chi connectivity index (χ1) is 8.22. The second-order valence-electron chi connectivity index (χ2n) is 7.29. The molecule has 3 fully saturated rings. The van der Waals surface area contributed by atoms with Gasteiger partial charge in [0.2, 0.25) is 0 Å². The molecule has 3 heteroatoms. The summed E-state index contributed by atoms with van der Waals surface area (Å²) >= 11 is 7.61. The fourth-order valence-electron chi connectivity index (χ4n) is 5.79. The minimum atomic E-state index is 0.0470. The van der Waals surface area contributed by atoms with E-state index in [0.29, 0.717) is 21.9 Å². The van der Waals surface area contributed by atoms with Gasteiger partial charge >= 0.3 is 0 Å². The van der Waals surface area contributed by atoms with Crippen molar-refractivity contribution in [2.45, 2.75) is 56.6 Å². The summed E-state index contributed by atoms with van der Waals surface area (Å²) in [5, 5.41) is 0. The number of rotatable bonds is 0. The lowest BCUT2D eigenvalue weighted by molar-refractivity contribution is -0.189. The summed E-state index contributed by atoms with van der Waals surface area (Å²) in [7, 11) is 0. The molecular weight excluding hydrogens is 356 g/mol. The summed E-state index contributed by atoms with van der Waals surface area (Å²) < 4.78 is 0. The number of hydrogen-bond donors (Lipinski definition) is 0. The maximum atomic E-state index is 12.6. The molecule has 102 valence electrons. The van der Waals surface area contributed by atoms with E-state index in [1.165, 1.54) is 19.3 Å². The smallest absolute Gasteiger partial charge is 0.150 e. The normalized spacial score (nSPS) is 63.1. The van der Waals surface area contributed by atoms with Gasteiger partial charge in [-0.1, -0.05) is 59.6 Å². The SMILES string of the molecule is C[C@H]1C(=O)[C@H](Br)[C@H](C)[C@@]2(C)C[C@H](Br)[C@]3(C)CC[C@@]132. The van der Waals surface area contributed by atoms with Crippen molar-refractivity contribution in [1.29, 1.82) is 0 Å². The third kappa shape index (κ3) is 1.11. The predicted octanol–water partition coefficient (Wildman–Crippen LogP) is 4.56. The van der Waals surface area contributed by atoms with Gasteiger partial charge in [-0.3, -0.25) is 4.79 Å². The lowest BCUT2D eigenvalue weighted by atomic mass is 9.37. The van der Waals surface area contributed by atoms with Crippen LogP contribution in [0.15, 0.2) is 0 Å². The Balaban J connectivity index is 2.18. The zero-order valence-electron chi connectivity index (χ0n) is 11.6. The summed E-state index contributed by atoms with van der Waals surface area (Å²) in [6, 6.07) is 0. The molecule has 0 N–H and O–H groups in total. The highest BCUT2D eigenvalue weighted by atomic mass is 79.9. The Morgan fingerprint density at radius 1 is 1.11 bits per heavy atom. The van der Waals surface area contributed by atoms with Gasteiger partial charge < -0.3 is 0 Å². The van der Waals surface area contributed by atoms with Crippen molar-refractivity contribution < 1.29 is 4.79 Å². The lowest BCUT2D eigenvalue weighted by Gasteiger charge is -2.67. The average Bonchev–Trinajstić information content (AvgIpc) is 2.42. The molecule has 0 aromatic heterocycles. The fourth-order valence-corrected chi connectivity index (χ4v) is 8.08. The highest BCUT2D eigenvalue weighted by Gasteiger charge is 2.77. The molecule has 0 bridgehead atoms. The van der Waals surface area contributed by atoms with Crippen LogP contribution in [0.3, 0.4) is 0 Å². The summed E-state index contributed by atoms with van der Waals surface area (Å²) in [6.07, 6.45) is 3.72. The van der Waals surface area contributed by atoms with Crippen molar-refractivity contribution in [2.75, 3.05) is 0 Å². The minimum Gasteiger partial charge on any atom is -0.298 e. The second kappa shape index (κ2) is 3.63. The van der Waals surface area contributed by atoms with E-state index >= 15 is 0 Å². The zero-order chi connectivity index (χ0) is 13.5. The highest BCUT2D eigenvalue weighted by Crippen LogP contribution is 2.81. The molecule has 0 aromatic rings. The monoisotopic (exact) mass is 376 g/mol. The van der Waals surface area contributed by atoms with Crippen LogP contribution < -0.4 is 0 Å². The van der Waals surface area contributed by atoms with Crippen LogP contribution in [0.4, 0.5) is 0 Å². The molecule has 3 saturated carbocycles. The zero-order valence-corrected chi connectivity index (χ0v) is 14.8. The first kappa shape index (κ1) is 13.6. The van der Waals surface area contributed by atoms with Crippen LogP contribution in [0.1, 0.15) is 47.0 Å². The standard InChI is InChI=1S/C15H22Br2O/c1-8-11(17)12(18)9(2)15-6-5-13(15,3)10(16)7-14(8,15)4/h8-11H,5-7H2,1-4H3/t8-,9-,10-,11+,13-,14+,15+/m0/s1. The van der Waals surface area contributed by atoms with Crippen LogP contribution in [0.25, 0.3) is 0 Å².